The van der Waals surface area contributed by atoms with E-state index in [1.165, 1.54) is 0 Å². The highest BCUT2D eigenvalue weighted by atomic mass is 19.2. The Kier molecular flexibility index (Phi) is 4.82. The van der Waals surface area contributed by atoms with E-state index in [4.69, 9.17) is 0 Å². The zero-order valence-corrected chi connectivity index (χ0v) is 11.1. The van der Waals surface area contributed by atoms with Crippen LogP contribution in [0.3, 0.4) is 0 Å². The van der Waals surface area contributed by atoms with Gasteiger partial charge in [-0.2, -0.15) is 0 Å². The van der Waals surface area contributed by atoms with Crippen LogP contribution >= 0.6 is 0 Å². The monoisotopic (exact) mass is 305 g/mol. The van der Waals surface area contributed by atoms with Crippen molar-refractivity contribution in [1.29, 1.82) is 0 Å². The first-order valence-electron chi connectivity index (χ1n) is 6.71. The predicted molar refractivity (Wildman–Crippen MR) is 66.6 cm³/mol. The van der Waals surface area contributed by atoms with Crippen LogP contribution in [0.15, 0.2) is 6.07 Å². The van der Waals surface area contributed by atoms with E-state index in [1.54, 1.807) is 0 Å². The van der Waals surface area contributed by atoms with E-state index in [0.29, 0.717) is 6.07 Å². The molecule has 21 heavy (non-hydrogen) atoms. The number of aliphatic hydroxyl groups is 1. The Morgan fingerprint density at radius 3 is 2.43 bits per heavy atom. The molecule has 1 amide bonds. The number of carbonyl (C=O) groups is 1. The minimum Gasteiger partial charge on any atom is -0.391 e. The number of benzene rings is 1. The van der Waals surface area contributed by atoms with Gasteiger partial charge in [0.05, 0.1) is 11.7 Å². The lowest BCUT2D eigenvalue weighted by Crippen LogP contribution is -2.36. The smallest absolute Gasteiger partial charge is 0.254 e. The summed E-state index contributed by atoms with van der Waals surface area (Å²) < 4.78 is 52.3. The maximum absolute atomic E-state index is 13.4. The minimum atomic E-state index is -2.03. The summed E-state index contributed by atoms with van der Waals surface area (Å²) in [6, 6.07) is 0.297. The number of amides is 1. The number of halogens is 4. The zero-order valence-electron chi connectivity index (χ0n) is 11.1. The van der Waals surface area contributed by atoms with Crippen LogP contribution in [-0.2, 0) is 0 Å². The van der Waals surface area contributed by atoms with Crippen molar-refractivity contribution >= 4 is 5.91 Å². The van der Waals surface area contributed by atoms with Crippen LogP contribution in [0.2, 0.25) is 0 Å². The van der Waals surface area contributed by atoms with Crippen LogP contribution in [0, 0.1) is 29.2 Å². The van der Waals surface area contributed by atoms with Gasteiger partial charge in [0, 0.05) is 6.54 Å². The molecule has 1 aromatic rings. The molecule has 0 aromatic heterocycles. The summed E-state index contributed by atoms with van der Waals surface area (Å²) in [6.45, 7) is -0.149. The summed E-state index contributed by atoms with van der Waals surface area (Å²) in [5, 5.41) is 12.1. The van der Waals surface area contributed by atoms with E-state index in [0.717, 1.165) is 25.7 Å². The molecule has 7 heteroatoms. The molecule has 0 saturated heterocycles. The van der Waals surface area contributed by atoms with Gasteiger partial charge in [0.1, 0.15) is 0 Å². The third-order valence-corrected chi connectivity index (χ3v) is 3.76. The second kappa shape index (κ2) is 6.43. The summed E-state index contributed by atoms with van der Waals surface area (Å²) in [5.41, 5.74) is -0.926. The molecule has 0 radical (unpaired) electrons. The quantitative estimate of drug-likeness (QED) is 0.510. The Hall–Kier alpha value is -1.63. The normalized spacial score (nSPS) is 17.0. The molecule has 0 bridgehead atoms. The van der Waals surface area contributed by atoms with Gasteiger partial charge in [-0.1, -0.05) is 12.8 Å². The SMILES string of the molecule is O=C(NCC(O)C1CCCC1)c1cc(F)c(F)c(F)c1F. The fraction of sp³-hybridized carbons (Fsp3) is 0.500. The number of aliphatic hydroxyl groups excluding tert-OH is 1. The molecule has 1 aliphatic rings. The second-order valence-corrected chi connectivity index (χ2v) is 5.17. The van der Waals surface area contributed by atoms with Gasteiger partial charge in [0.2, 0.25) is 0 Å². The average molecular weight is 305 g/mol. The standard InChI is InChI=1S/C14H15F4NO2/c15-9-5-8(11(16)13(18)12(9)17)14(21)19-6-10(20)7-3-1-2-4-7/h5,7,10,20H,1-4,6H2,(H,19,21). The van der Waals surface area contributed by atoms with E-state index in [-0.39, 0.29) is 12.5 Å². The van der Waals surface area contributed by atoms with Gasteiger partial charge in [0.25, 0.3) is 5.91 Å². The molecule has 1 atom stereocenters. The van der Waals surface area contributed by atoms with E-state index in [2.05, 4.69) is 5.32 Å². The zero-order chi connectivity index (χ0) is 15.6. The van der Waals surface area contributed by atoms with Crippen molar-refractivity contribution in [2.75, 3.05) is 6.54 Å². The van der Waals surface area contributed by atoms with Crippen molar-refractivity contribution in [2.45, 2.75) is 31.8 Å². The summed E-state index contributed by atoms with van der Waals surface area (Å²) in [4.78, 5) is 11.7. The van der Waals surface area contributed by atoms with Crippen LogP contribution in [0.25, 0.3) is 0 Å². The molecule has 1 unspecified atom stereocenters. The van der Waals surface area contributed by atoms with E-state index < -0.39 is 40.8 Å². The Balaban J connectivity index is 2.03. The van der Waals surface area contributed by atoms with Crippen LogP contribution < -0.4 is 5.32 Å². The van der Waals surface area contributed by atoms with Crippen LogP contribution in [0.5, 0.6) is 0 Å². The fourth-order valence-corrected chi connectivity index (χ4v) is 2.54. The van der Waals surface area contributed by atoms with Gasteiger partial charge < -0.3 is 10.4 Å². The maximum atomic E-state index is 13.4. The molecule has 1 fully saturated rings. The number of hydrogen-bond acceptors (Lipinski definition) is 2. The van der Waals surface area contributed by atoms with E-state index >= 15 is 0 Å². The predicted octanol–water partition coefficient (Wildman–Crippen LogP) is 2.52. The van der Waals surface area contributed by atoms with Crippen molar-refractivity contribution in [2.24, 2.45) is 5.92 Å². The largest absolute Gasteiger partial charge is 0.391 e. The number of carbonyl (C=O) groups excluding carboxylic acids is 1. The minimum absolute atomic E-state index is 0.0526. The van der Waals surface area contributed by atoms with Crippen molar-refractivity contribution < 1.29 is 27.5 Å². The van der Waals surface area contributed by atoms with Gasteiger partial charge in [-0.15, -0.1) is 0 Å². The van der Waals surface area contributed by atoms with Crippen molar-refractivity contribution in [3.8, 4) is 0 Å². The third-order valence-electron chi connectivity index (χ3n) is 3.76. The first kappa shape index (κ1) is 15.8. The Bertz CT molecular complexity index is 544. The lowest BCUT2D eigenvalue weighted by Gasteiger charge is -2.18. The van der Waals surface area contributed by atoms with Gasteiger partial charge >= 0.3 is 0 Å². The Morgan fingerprint density at radius 1 is 1.19 bits per heavy atom. The Morgan fingerprint density at radius 2 is 1.81 bits per heavy atom. The molecule has 3 nitrogen and oxygen atoms in total. The van der Waals surface area contributed by atoms with Gasteiger partial charge in [-0.25, -0.2) is 17.6 Å². The summed E-state index contributed by atoms with van der Waals surface area (Å²) in [5.74, 6) is -8.43. The first-order valence-corrected chi connectivity index (χ1v) is 6.71. The summed E-state index contributed by atoms with van der Waals surface area (Å²) in [6.07, 6.45) is 2.88. The number of nitrogens with one attached hydrogen (secondary N) is 1. The van der Waals surface area contributed by atoms with Crippen molar-refractivity contribution in [1.82, 2.24) is 5.32 Å². The first-order chi connectivity index (χ1) is 9.91. The molecule has 2 rings (SSSR count). The average Bonchev–Trinajstić information content (AvgIpc) is 3.00. The molecule has 1 aliphatic carbocycles. The topological polar surface area (TPSA) is 49.3 Å². The van der Waals surface area contributed by atoms with Gasteiger partial charge in [-0.05, 0) is 24.8 Å². The lowest BCUT2D eigenvalue weighted by atomic mass is 10.0. The molecular formula is C14H15F4NO2. The molecular weight excluding hydrogens is 290 g/mol. The third kappa shape index (κ3) is 3.34. The highest BCUT2D eigenvalue weighted by molar-refractivity contribution is 5.94. The second-order valence-electron chi connectivity index (χ2n) is 5.17. The van der Waals surface area contributed by atoms with E-state index in [9.17, 15) is 27.5 Å². The van der Waals surface area contributed by atoms with Crippen LogP contribution in [0.4, 0.5) is 17.6 Å². The van der Waals surface area contributed by atoms with E-state index in [1.807, 2.05) is 0 Å². The fourth-order valence-electron chi connectivity index (χ4n) is 2.54. The van der Waals surface area contributed by atoms with Crippen LogP contribution in [-0.4, -0.2) is 23.7 Å². The highest BCUT2D eigenvalue weighted by Gasteiger charge is 2.26. The summed E-state index contributed by atoms with van der Waals surface area (Å²) >= 11 is 0. The number of hydrogen-bond donors (Lipinski definition) is 2. The molecule has 0 aliphatic heterocycles. The molecule has 0 spiro atoms. The molecule has 1 saturated carbocycles. The highest BCUT2D eigenvalue weighted by Crippen LogP contribution is 2.27. The van der Waals surface area contributed by atoms with Gasteiger partial charge in [0.15, 0.2) is 23.3 Å². The molecule has 2 N–H and O–H groups in total. The van der Waals surface area contributed by atoms with Crippen molar-refractivity contribution in [3.05, 3.63) is 34.9 Å². The summed E-state index contributed by atoms with van der Waals surface area (Å²) in [7, 11) is 0. The molecule has 116 valence electrons. The van der Waals surface area contributed by atoms with Crippen molar-refractivity contribution in [3.63, 3.8) is 0 Å². The van der Waals surface area contributed by atoms with Gasteiger partial charge in [-0.3, -0.25) is 4.79 Å². The maximum Gasteiger partial charge on any atom is 0.254 e. The lowest BCUT2D eigenvalue weighted by molar-refractivity contribution is 0.0835. The Labute approximate surface area is 119 Å². The number of rotatable bonds is 4. The van der Waals surface area contributed by atoms with Crippen LogP contribution in [0.1, 0.15) is 36.0 Å². The molecule has 1 aromatic carbocycles. The molecule has 0 heterocycles.